The molecule has 0 aliphatic carbocycles. The maximum Gasteiger partial charge on any atom is 0.338 e. The van der Waals surface area contributed by atoms with Crippen molar-refractivity contribution in [1.82, 2.24) is 5.32 Å². The van der Waals surface area contributed by atoms with Gasteiger partial charge in [-0.25, -0.2) is 4.79 Å². The zero-order chi connectivity index (χ0) is 17.6. The van der Waals surface area contributed by atoms with E-state index in [0.29, 0.717) is 29.4 Å². The second-order valence-electron chi connectivity index (χ2n) is 5.50. The summed E-state index contributed by atoms with van der Waals surface area (Å²) in [5, 5.41) is 2.66. The summed E-state index contributed by atoms with van der Waals surface area (Å²) in [5.41, 5.74) is 6.43. The first-order valence-corrected chi connectivity index (χ1v) is 7.79. The number of nitrogens with one attached hydrogen (secondary N) is 1. The second-order valence-corrected chi connectivity index (χ2v) is 5.50. The first-order chi connectivity index (χ1) is 12.1. The molecule has 3 N–H and O–H groups in total. The monoisotopic (exact) mass is 342 g/mol. The molecule has 0 radical (unpaired) electrons. The van der Waals surface area contributed by atoms with Gasteiger partial charge in [-0.15, -0.1) is 0 Å². The van der Waals surface area contributed by atoms with Crippen molar-refractivity contribution in [1.29, 1.82) is 0 Å². The molecule has 25 heavy (non-hydrogen) atoms. The van der Waals surface area contributed by atoms with Crippen molar-refractivity contribution in [2.75, 3.05) is 25.5 Å². The molecule has 1 atom stereocenters. The van der Waals surface area contributed by atoms with Gasteiger partial charge in [0.1, 0.15) is 12.7 Å². The van der Waals surface area contributed by atoms with Crippen LogP contribution in [0.1, 0.15) is 10.4 Å². The molecule has 0 saturated heterocycles. The average Bonchev–Trinajstić information content (AvgIpc) is 2.65. The molecule has 0 aromatic heterocycles. The highest BCUT2D eigenvalue weighted by Gasteiger charge is 2.21. The van der Waals surface area contributed by atoms with Gasteiger partial charge in [0, 0.05) is 5.69 Å². The zero-order valence-corrected chi connectivity index (χ0v) is 13.4. The van der Waals surface area contributed by atoms with Crippen LogP contribution in [-0.2, 0) is 9.53 Å². The quantitative estimate of drug-likeness (QED) is 0.629. The molecule has 0 saturated carbocycles. The summed E-state index contributed by atoms with van der Waals surface area (Å²) in [4.78, 5) is 23.6. The van der Waals surface area contributed by atoms with Crippen LogP contribution in [0.25, 0.3) is 0 Å². The highest BCUT2D eigenvalue weighted by Crippen LogP contribution is 2.30. The molecule has 1 aliphatic rings. The molecule has 0 bridgehead atoms. The van der Waals surface area contributed by atoms with Gasteiger partial charge in [-0.05, 0) is 36.4 Å². The number of fused-ring (bicyclic) bond motifs is 1. The van der Waals surface area contributed by atoms with E-state index in [-0.39, 0.29) is 19.3 Å². The number of esters is 1. The van der Waals surface area contributed by atoms with E-state index < -0.39 is 11.9 Å². The molecular formula is C18H18N2O5. The molecule has 0 fully saturated rings. The topological polar surface area (TPSA) is 99.9 Å². The number of nitrogens with two attached hydrogens (primary N) is 1. The van der Waals surface area contributed by atoms with Crippen LogP contribution >= 0.6 is 0 Å². The van der Waals surface area contributed by atoms with Gasteiger partial charge in [0.15, 0.2) is 18.1 Å². The van der Waals surface area contributed by atoms with Crippen LogP contribution in [0.15, 0.2) is 48.5 Å². The Hall–Kier alpha value is -3.22. The van der Waals surface area contributed by atoms with Crippen LogP contribution in [0.4, 0.5) is 5.69 Å². The number of para-hydroxylation sites is 2. The van der Waals surface area contributed by atoms with Gasteiger partial charge in [-0.3, -0.25) is 4.79 Å². The lowest BCUT2D eigenvalue weighted by Crippen LogP contribution is -2.42. The van der Waals surface area contributed by atoms with Gasteiger partial charge < -0.3 is 25.3 Å². The summed E-state index contributed by atoms with van der Waals surface area (Å²) in [6, 6.07) is 13.6. The number of carbonyl (C=O) groups excluding carboxylic acids is 2. The number of anilines is 1. The maximum absolute atomic E-state index is 11.8. The van der Waals surface area contributed by atoms with E-state index in [1.54, 1.807) is 30.3 Å². The first kappa shape index (κ1) is 16.6. The van der Waals surface area contributed by atoms with E-state index in [1.165, 1.54) is 0 Å². The highest BCUT2D eigenvalue weighted by molar-refractivity contribution is 5.91. The Morgan fingerprint density at radius 1 is 1.12 bits per heavy atom. The van der Waals surface area contributed by atoms with Gasteiger partial charge in [-0.1, -0.05) is 12.1 Å². The van der Waals surface area contributed by atoms with Crippen LogP contribution in [0.5, 0.6) is 11.5 Å². The molecule has 7 nitrogen and oxygen atoms in total. The van der Waals surface area contributed by atoms with Crippen molar-refractivity contribution in [2.24, 2.45) is 0 Å². The summed E-state index contributed by atoms with van der Waals surface area (Å²) in [6.07, 6.45) is -0.299. The van der Waals surface area contributed by atoms with Gasteiger partial charge in [0.05, 0.1) is 12.1 Å². The van der Waals surface area contributed by atoms with Crippen molar-refractivity contribution in [2.45, 2.75) is 6.10 Å². The number of hydrogen-bond donors (Lipinski definition) is 2. The summed E-state index contributed by atoms with van der Waals surface area (Å²) >= 11 is 0. The van der Waals surface area contributed by atoms with Crippen LogP contribution < -0.4 is 20.5 Å². The van der Waals surface area contributed by atoms with Crippen LogP contribution in [-0.4, -0.2) is 37.7 Å². The van der Waals surface area contributed by atoms with E-state index in [1.807, 2.05) is 18.2 Å². The minimum Gasteiger partial charge on any atom is -0.486 e. The van der Waals surface area contributed by atoms with Crippen LogP contribution in [0.2, 0.25) is 0 Å². The molecule has 130 valence electrons. The average molecular weight is 342 g/mol. The van der Waals surface area contributed by atoms with Gasteiger partial charge >= 0.3 is 5.97 Å². The standard InChI is InChI=1S/C18H18N2O5/c19-13-7-5-12(6-8-13)18(22)24-11-17(21)20-9-14-10-23-15-3-1-2-4-16(15)25-14/h1-8,14H,9-11,19H2,(H,20,21)/t14-/m1/s1. The predicted molar refractivity (Wildman–Crippen MR) is 90.5 cm³/mol. The molecule has 1 aliphatic heterocycles. The first-order valence-electron chi connectivity index (χ1n) is 7.79. The summed E-state index contributed by atoms with van der Waals surface area (Å²) in [5.74, 6) is 0.331. The Morgan fingerprint density at radius 3 is 2.60 bits per heavy atom. The number of carbonyl (C=O) groups is 2. The van der Waals surface area contributed by atoms with E-state index in [4.69, 9.17) is 19.9 Å². The fraction of sp³-hybridized carbons (Fsp3) is 0.222. The fourth-order valence-electron chi connectivity index (χ4n) is 2.28. The molecular weight excluding hydrogens is 324 g/mol. The summed E-state index contributed by atoms with van der Waals surface area (Å²) < 4.78 is 16.3. The number of rotatable bonds is 5. The lowest BCUT2D eigenvalue weighted by atomic mass is 10.2. The highest BCUT2D eigenvalue weighted by atomic mass is 16.6. The third kappa shape index (κ3) is 4.41. The Bertz CT molecular complexity index is 760. The van der Waals surface area contributed by atoms with E-state index in [9.17, 15) is 9.59 Å². The Balaban J connectivity index is 1.41. The molecule has 1 heterocycles. The lowest BCUT2D eigenvalue weighted by Gasteiger charge is -2.26. The van der Waals surface area contributed by atoms with Crippen molar-refractivity contribution < 1.29 is 23.8 Å². The zero-order valence-electron chi connectivity index (χ0n) is 13.4. The van der Waals surface area contributed by atoms with E-state index >= 15 is 0 Å². The van der Waals surface area contributed by atoms with Crippen molar-refractivity contribution in [3.63, 3.8) is 0 Å². The van der Waals surface area contributed by atoms with Gasteiger partial charge in [0.25, 0.3) is 5.91 Å². The SMILES string of the molecule is Nc1ccc(C(=O)OCC(=O)NC[C@@H]2COc3ccccc3O2)cc1. The second kappa shape index (κ2) is 7.57. The molecule has 2 aromatic carbocycles. The Morgan fingerprint density at radius 2 is 1.84 bits per heavy atom. The molecule has 1 amide bonds. The maximum atomic E-state index is 11.8. The fourth-order valence-corrected chi connectivity index (χ4v) is 2.28. The smallest absolute Gasteiger partial charge is 0.338 e. The van der Waals surface area contributed by atoms with Crippen LogP contribution in [0, 0.1) is 0 Å². The number of benzene rings is 2. The summed E-state index contributed by atoms with van der Waals surface area (Å²) in [6.45, 7) is 0.225. The molecule has 0 spiro atoms. The molecule has 7 heteroatoms. The largest absolute Gasteiger partial charge is 0.486 e. The number of nitrogen functional groups attached to an aromatic ring is 1. The van der Waals surface area contributed by atoms with E-state index in [2.05, 4.69) is 5.32 Å². The third-order valence-electron chi connectivity index (χ3n) is 3.58. The lowest BCUT2D eigenvalue weighted by molar-refractivity contribution is -0.124. The normalized spacial score (nSPS) is 15.3. The van der Waals surface area contributed by atoms with Gasteiger partial charge in [0.2, 0.25) is 0 Å². The van der Waals surface area contributed by atoms with Crippen molar-refractivity contribution in [3.8, 4) is 11.5 Å². The number of hydrogen-bond acceptors (Lipinski definition) is 6. The minimum absolute atomic E-state index is 0.257. The van der Waals surface area contributed by atoms with E-state index in [0.717, 1.165) is 0 Å². The summed E-state index contributed by atoms with van der Waals surface area (Å²) in [7, 11) is 0. The van der Waals surface area contributed by atoms with Gasteiger partial charge in [-0.2, -0.15) is 0 Å². The third-order valence-corrected chi connectivity index (χ3v) is 3.58. The Kier molecular flexibility index (Phi) is 5.03. The number of ether oxygens (including phenoxy) is 3. The van der Waals surface area contributed by atoms with Crippen molar-refractivity contribution >= 4 is 17.6 Å². The van der Waals surface area contributed by atoms with Crippen LogP contribution in [0.3, 0.4) is 0 Å². The van der Waals surface area contributed by atoms with Crippen molar-refractivity contribution in [3.05, 3.63) is 54.1 Å². The molecule has 3 rings (SSSR count). The molecule has 2 aromatic rings. The minimum atomic E-state index is -0.582. The molecule has 0 unspecified atom stereocenters. The number of amides is 1. The Labute approximate surface area is 144 Å². The predicted octanol–water partition coefficient (Wildman–Crippen LogP) is 1.38.